The standard InChI is InChI=1S/C10H11FN2O6S/c11-7-3-6(13(16)17)1-2-10(7)20(18,19)12-4-8(14)9(15)5-12/h1-3,8-9,14-15H,4-5H2. The summed E-state index contributed by atoms with van der Waals surface area (Å²) in [5.74, 6) is -1.25. The molecule has 1 fully saturated rings. The molecule has 1 aliphatic heterocycles. The summed E-state index contributed by atoms with van der Waals surface area (Å²) in [5.41, 5.74) is -0.567. The number of halogens is 1. The Labute approximate surface area is 113 Å². The lowest BCUT2D eigenvalue weighted by molar-refractivity contribution is -0.385. The van der Waals surface area contributed by atoms with Gasteiger partial charge in [0.15, 0.2) is 0 Å². The zero-order valence-corrected chi connectivity index (χ0v) is 10.8. The molecule has 0 spiro atoms. The van der Waals surface area contributed by atoms with Crippen molar-refractivity contribution in [2.45, 2.75) is 17.1 Å². The lowest BCUT2D eigenvalue weighted by Crippen LogP contribution is -2.30. The second-order valence-corrected chi connectivity index (χ2v) is 6.23. The monoisotopic (exact) mass is 306 g/mol. The van der Waals surface area contributed by atoms with Gasteiger partial charge in [0, 0.05) is 19.2 Å². The van der Waals surface area contributed by atoms with Crippen LogP contribution in [-0.4, -0.2) is 53.2 Å². The maximum Gasteiger partial charge on any atom is 0.272 e. The molecule has 1 aliphatic rings. The van der Waals surface area contributed by atoms with E-state index >= 15 is 0 Å². The van der Waals surface area contributed by atoms with Crippen LogP contribution < -0.4 is 0 Å². The largest absolute Gasteiger partial charge is 0.389 e. The van der Waals surface area contributed by atoms with E-state index in [0.29, 0.717) is 6.07 Å². The first-order valence-corrected chi connectivity index (χ1v) is 6.97. The molecule has 10 heteroatoms. The predicted octanol–water partition coefficient (Wildman–Crippen LogP) is -0.540. The lowest BCUT2D eigenvalue weighted by Gasteiger charge is -2.15. The van der Waals surface area contributed by atoms with Crippen molar-refractivity contribution in [3.63, 3.8) is 0 Å². The molecule has 0 radical (unpaired) electrons. The van der Waals surface area contributed by atoms with Crippen LogP contribution in [0, 0.1) is 15.9 Å². The molecule has 0 saturated carbocycles. The third-order valence-corrected chi connectivity index (χ3v) is 4.83. The third-order valence-electron chi connectivity index (χ3n) is 2.97. The van der Waals surface area contributed by atoms with E-state index in [1.807, 2.05) is 0 Å². The number of hydrogen-bond donors (Lipinski definition) is 2. The van der Waals surface area contributed by atoms with Gasteiger partial charge in [-0.15, -0.1) is 0 Å². The molecule has 1 aromatic rings. The minimum Gasteiger partial charge on any atom is -0.389 e. The molecule has 0 aromatic heterocycles. The fourth-order valence-corrected chi connectivity index (χ4v) is 3.40. The molecular formula is C10H11FN2O6S. The highest BCUT2D eigenvalue weighted by molar-refractivity contribution is 7.89. The zero-order valence-electron chi connectivity index (χ0n) is 10.0. The van der Waals surface area contributed by atoms with Crippen molar-refractivity contribution in [3.8, 4) is 0 Å². The summed E-state index contributed by atoms with van der Waals surface area (Å²) in [5, 5.41) is 29.1. The quantitative estimate of drug-likeness (QED) is 0.571. The Morgan fingerprint density at radius 1 is 1.30 bits per heavy atom. The van der Waals surface area contributed by atoms with Crippen molar-refractivity contribution in [3.05, 3.63) is 34.1 Å². The minimum absolute atomic E-state index is 0.361. The average Bonchev–Trinajstić information content (AvgIpc) is 2.69. The SMILES string of the molecule is O=[N+]([O-])c1ccc(S(=O)(=O)N2CC(O)C(O)C2)c(F)c1. The van der Waals surface area contributed by atoms with Crippen LogP contribution in [0.2, 0.25) is 0 Å². The Hall–Kier alpha value is -1.62. The van der Waals surface area contributed by atoms with Crippen LogP contribution in [0.4, 0.5) is 10.1 Å². The first-order valence-electron chi connectivity index (χ1n) is 5.53. The van der Waals surface area contributed by atoms with E-state index in [1.54, 1.807) is 0 Å². The number of aliphatic hydroxyl groups excluding tert-OH is 2. The third kappa shape index (κ3) is 2.50. The molecule has 110 valence electrons. The molecule has 2 N–H and O–H groups in total. The second-order valence-electron chi connectivity index (χ2n) is 4.33. The van der Waals surface area contributed by atoms with Crippen LogP contribution in [0.15, 0.2) is 23.1 Å². The molecule has 0 amide bonds. The summed E-state index contributed by atoms with van der Waals surface area (Å²) >= 11 is 0. The minimum atomic E-state index is -4.26. The fraction of sp³-hybridized carbons (Fsp3) is 0.400. The molecule has 2 atom stereocenters. The molecule has 20 heavy (non-hydrogen) atoms. The topological polar surface area (TPSA) is 121 Å². The van der Waals surface area contributed by atoms with Crippen LogP contribution in [0.1, 0.15) is 0 Å². The van der Waals surface area contributed by atoms with Gasteiger partial charge in [-0.25, -0.2) is 12.8 Å². The van der Waals surface area contributed by atoms with Gasteiger partial charge in [0.2, 0.25) is 10.0 Å². The van der Waals surface area contributed by atoms with Crippen molar-refractivity contribution in [1.29, 1.82) is 0 Å². The normalized spacial score (nSPS) is 23.9. The number of hydrogen-bond acceptors (Lipinski definition) is 6. The van der Waals surface area contributed by atoms with Gasteiger partial charge in [-0.1, -0.05) is 0 Å². The maximum absolute atomic E-state index is 13.7. The molecule has 2 unspecified atom stereocenters. The number of β-amino-alcohol motifs (C(OH)–C–C–N with tert-alkyl or cyclic N) is 2. The van der Waals surface area contributed by atoms with Crippen molar-refractivity contribution in [2.24, 2.45) is 0 Å². The van der Waals surface area contributed by atoms with Crippen molar-refractivity contribution in [2.75, 3.05) is 13.1 Å². The van der Waals surface area contributed by atoms with Gasteiger partial charge in [0.1, 0.15) is 10.7 Å². The number of nitrogens with zero attached hydrogens (tertiary/aromatic N) is 2. The molecule has 8 nitrogen and oxygen atoms in total. The Morgan fingerprint density at radius 3 is 2.30 bits per heavy atom. The van der Waals surface area contributed by atoms with Gasteiger partial charge in [-0.3, -0.25) is 10.1 Å². The zero-order chi connectivity index (χ0) is 15.1. The number of rotatable bonds is 3. The molecule has 0 aliphatic carbocycles. The number of sulfonamides is 1. The van der Waals surface area contributed by atoms with Crippen molar-refractivity contribution < 1.29 is 27.9 Å². The van der Waals surface area contributed by atoms with Gasteiger partial charge in [-0.05, 0) is 6.07 Å². The Kier molecular flexibility index (Phi) is 3.73. The molecule has 1 aromatic carbocycles. The highest BCUT2D eigenvalue weighted by atomic mass is 32.2. The van der Waals surface area contributed by atoms with E-state index in [1.165, 1.54) is 0 Å². The average molecular weight is 306 g/mol. The van der Waals surface area contributed by atoms with Crippen LogP contribution in [0.25, 0.3) is 0 Å². The molecule has 0 bridgehead atoms. The van der Waals surface area contributed by atoms with Crippen molar-refractivity contribution >= 4 is 15.7 Å². The van der Waals surface area contributed by atoms with Gasteiger partial charge < -0.3 is 10.2 Å². The maximum atomic E-state index is 13.7. The summed E-state index contributed by atoms with van der Waals surface area (Å²) in [6, 6.07) is 2.18. The second kappa shape index (κ2) is 5.05. The van der Waals surface area contributed by atoms with E-state index in [0.717, 1.165) is 16.4 Å². The summed E-state index contributed by atoms with van der Waals surface area (Å²) in [4.78, 5) is 8.89. The number of nitro groups is 1. The first-order chi connectivity index (χ1) is 9.23. The van der Waals surface area contributed by atoms with E-state index in [2.05, 4.69) is 0 Å². The summed E-state index contributed by atoms with van der Waals surface area (Å²) < 4.78 is 38.7. The van der Waals surface area contributed by atoms with E-state index < -0.39 is 43.6 Å². The Balaban J connectivity index is 2.38. The highest BCUT2D eigenvalue weighted by Gasteiger charge is 2.38. The van der Waals surface area contributed by atoms with Crippen LogP contribution in [-0.2, 0) is 10.0 Å². The first kappa shape index (κ1) is 14.8. The number of aliphatic hydroxyl groups is 2. The molecular weight excluding hydrogens is 295 g/mol. The molecule has 1 saturated heterocycles. The molecule has 1 heterocycles. The van der Waals surface area contributed by atoms with Crippen LogP contribution in [0.3, 0.4) is 0 Å². The van der Waals surface area contributed by atoms with Crippen LogP contribution >= 0.6 is 0 Å². The van der Waals surface area contributed by atoms with E-state index in [9.17, 15) is 33.1 Å². The fourth-order valence-electron chi connectivity index (χ4n) is 1.88. The highest BCUT2D eigenvalue weighted by Crippen LogP contribution is 2.26. The summed E-state index contributed by atoms with van der Waals surface area (Å²) in [6.45, 7) is -0.722. The van der Waals surface area contributed by atoms with Gasteiger partial charge in [0.05, 0.1) is 23.2 Å². The van der Waals surface area contributed by atoms with Gasteiger partial charge >= 0.3 is 0 Å². The van der Waals surface area contributed by atoms with E-state index in [-0.39, 0.29) is 13.1 Å². The van der Waals surface area contributed by atoms with Gasteiger partial charge in [0.25, 0.3) is 5.69 Å². The summed E-state index contributed by atoms with van der Waals surface area (Å²) in [6.07, 6.45) is -2.49. The number of benzene rings is 1. The Bertz CT molecular complexity index is 639. The van der Waals surface area contributed by atoms with Crippen molar-refractivity contribution in [1.82, 2.24) is 4.31 Å². The smallest absolute Gasteiger partial charge is 0.272 e. The van der Waals surface area contributed by atoms with Gasteiger partial charge in [-0.2, -0.15) is 4.31 Å². The molecule has 2 rings (SSSR count). The van der Waals surface area contributed by atoms with Crippen LogP contribution in [0.5, 0.6) is 0 Å². The number of nitro benzene ring substituents is 1. The number of non-ortho nitro benzene ring substituents is 1. The summed E-state index contributed by atoms with van der Waals surface area (Å²) in [7, 11) is -4.26. The van der Waals surface area contributed by atoms with E-state index in [4.69, 9.17) is 0 Å². The Morgan fingerprint density at radius 2 is 1.85 bits per heavy atom. The predicted molar refractivity (Wildman–Crippen MR) is 63.8 cm³/mol. The lowest BCUT2D eigenvalue weighted by atomic mass is 10.3.